The van der Waals surface area contributed by atoms with E-state index in [2.05, 4.69) is 31.3 Å². The van der Waals surface area contributed by atoms with Crippen LogP contribution in [0.2, 0.25) is 5.02 Å². The molecule has 2 saturated carbocycles. The summed E-state index contributed by atoms with van der Waals surface area (Å²) in [5.74, 6) is -4.50. The Labute approximate surface area is 273 Å². The van der Waals surface area contributed by atoms with E-state index in [1.54, 1.807) is 4.90 Å². The lowest BCUT2D eigenvalue weighted by atomic mass is 10.2. The third-order valence-corrected chi connectivity index (χ3v) is 9.63. The van der Waals surface area contributed by atoms with Crippen molar-refractivity contribution < 1.29 is 41.4 Å². The SMILES string of the molecule is Cn1c(-c2cn(C3CC3(F)F)nc2C(F)(F)F)cnc1C(=O)Nc1ccc(C(=O)N[C@H]2[C@@H]3CN(C(=O)N[C@H]4CNC[C@@H]4O)C[C@@H]32)c(Cl)c1. The summed E-state index contributed by atoms with van der Waals surface area (Å²) in [6.07, 6.45) is -4.32. The molecule has 13 nitrogen and oxygen atoms in total. The van der Waals surface area contributed by atoms with Crippen molar-refractivity contribution in [1.29, 1.82) is 0 Å². The first-order valence-electron chi connectivity index (χ1n) is 15.0. The number of nitrogens with one attached hydrogen (secondary N) is 4. The zero-order valence-electron chi connectivity index (χ0n) is 25.1. The second-order valence-corrected chi connectivity index (χ2v) is 12.9. The number of hydrogen-bond acceptors (Lipinski definition) is 7. The highest BCUT2D eigenvalue weighted by Gasteiger charge is 2.60. The van der Waals surface area contributed by atoms with E-state index >= 15 is 0 Å². The normalized spacial score (nSPS) is 27.0. The van der Waals surface area contributed by atoms with Crippen LogP contribution in [0.4, 0.5) is 32.4 Å². The van der Waals surface area contributed by atoms with Gasteiger partial charge in [-0.1, -0.05) is 11.6 Å². The van der Waals surface area contributed by atoms with E-state index in [0.29, 0.717) is 30.9 Å². The summed E-state index contributed by atoms with van der Waals surface area (Å²) in [4.78, 5) is 44.2. The minimum Gasteiger partial charge on any atom is -0.390 e. The minimum absolute atomic E-state index is 0.0282. The summed E-state index contributed by atoms with van der Waals surface area (Å²) in [7, 11) is 1.30. The highest BCUT2D eigenvalue weighted by Crippen LogP contribution is 2.53. The molecule has 3 aromatic rings. The highest BCUT2D eigenvalue weighted by molar-refractivity contribution is 6.34. The number of benzene rings is 1. The number of piperidine rings is 1. The second-order valence-electron chi connectivity index (χ2n) is 12.5. The maximum atomic E-state index is 13.7. The second kappa shape index (κ2) is 11.4. The van der Waals surface area contributed by atoms with Crippen LogP contribution >= 0.6 is 11.6 Å². The van der Waals surface area contributed by atoms with E-state index in [1.165, 1.54) is 25.2 Å². The number of halogens is 6. The number of β-amino-alcohol motifs (C(OH)–C–C–N with tert-alkyl or cyclic N) is 1. The Morgan fingerprint density at radius 2 is 1.81 bits per heavy atom. The maximum Gasteiger partial charge on any atom is 0.435 e. The van der Waals surface area contributed by atoms with Crippen molar-refractivity contribution in [2.45, 2.75) is 42.7 Å². The van der Waals surface area contributed by atoms with E-state index in [-0.39, 0.29) is 57.7 Å². The largest absolute Gasteiger partial charge is 0.435 e. The molecule has 4 aliphatic rings. The molecule has 5 N–H and O–H groups in total. The molecule has 2 aliphatic heterocycles. The van der Waals surface area contributed by atoms with Crippen molar-refractivity contribution in [2.24, 2.45) is 18.9 Å². The summed E-state index contributed by atoms with van der Waals surface area (Å²) in [6, 6.07) is 1.94. The standard InChI is InChI=1S/C29H29ClF5N9O4/c1-42-19(16-11-44(21-5-28(21,31)32)41-23(16)29(33,34)35)7-37-24(42)26(47)38-12-2-3-13(17(30)4-12)25(46)40-22-14-9-43(10-15(14)22)27(48)39-18-6-36-8-20(18)45/h2-4,7,11,14-15,18,20-22,36,45H,5-6,8-10H2,1H3,(H,38,47)(H,39,48)(H,40,46)/t14-,15+,18-,20-,21?,22+/m0/s1. The number of imidazole rings is 1. The summed E-state index contributed by atoms with van der Waals surface area (Å²) < 4.78 is 70.0. The molecule has 0 bridgehead atoms. The van der Waals surface area contributed by atoms with Gasteiger partial charge in [-0.3, -0.25) is 14.3 Å². The molecule has 7 rings (SSSR count). The Kier molecular flexibility index (Phi) is 7.67. The number of likely N-dealkylation sites (tertiary alicyclic amines) is 1. The van der Waals surface area contributed by atoms with Crippen LogP contribution in [0.1, 0.15) is 39.1 Å². The van der Waals surface area contributed by atoms with Gasteiger partial charge in [-0.05, 0) is 18.2 Å². The summed E-state index contributed by atoms with van der Waals surface area (Å²) >= 11 is 6.38. The van der Waals surface area contributed by atoms with Crippen molar-refractivity contribution >= 4 is 35.1 Å². The van der Waals surface area contributed by atoms with Crippen LogP contribution in [0.3, 0.4) is 0 Å². The van der Waals surface area contributed by atoms with E-state index in [9.17, 15) is 41.4 Å². The number of aliphatic hydroxyl groups is 1. The Bertz CT molecular complexity index is 1800. The van der Waals surface area contributed by atoms with E-state index in [1.807, 2.05) is 0 Å². The van der Waals surface area contributed by atoms with Crippen molar-refractivity contribution in [3.8, 4) is 11.3 Å². The topological polar surface area (TPSA) is 158 Å². The van der Waals surface area contributed by atoms with Crippen molar-refractivity contribution in [3.63, 3.8) is 0 Å². The number of nitrogens with zero attached hydrogens (tertiary/aromatic N) is 5. The number of amides is 4. The fourth-order valence-corrected chi connectivity index (χ4v) is 6.73. The molecule has 1 aromatic carbocycles. The maximum absolute atomic E-state index is 13.7. The van der Waals surface area contributed by atoms with E-state index < -0.39 is 53.7 Å². The molecule has 2 saturated heterocycles. The lowest BCUT2D eigenvalue weighted by Gasteiger charge is -2.24. The molecule has 6 atom stereocenters. The first-order valence-corrected chi connectivity index (χ1v) is 15.4. The first-order chi connectivity index (χ1) is 22.6. The van der Waals surface area contributed by atoms with Gasteiger partial charge in [-0.25, -0.2) is 18.6 Å². The fraction of sp³-hybridized carbons (Fsp3) is 0.483. The van der Waals surface area contributed by atoms with Crippen LogP contribution < -0.4 is 21.3 Å². The molecular formula is C29H29ClF5N9O4. The van der Waals surface area contributed by atoms with Crippen LogP contribution in [-0.2, 0) is 13.2 Å². The van der Waals surface area contributed by atoms with Crippen LogP contribution in [0.25, 0.3) is 11.3 Å². The van der Waals surface area contributed by atoms with Gasteiger partial charge in [-0.15, -0.1) is 0 Å². The van der Waals surface area contributed by atoms with Gasteiger partial charge >= 0.3 is 12.2 Å². The predicted octanol–water partition coefficient (Wildman–Crippen LogP) is 2.49. The molecule has 1 unspecified atom stereocenters. The quantitative estimate of drug-likeness (QED) is 0.238. The third-order valence-electron chi connectivity index (χ3n) is 9.32. The van der Waals surface area contributed by atoms with Crippen LogP contribution in [-0.4, -0.2) is 97.5 Å². The summed E-state index contributed by atoms with van der Waals surface area (Å²) in [5.41, 5.74) is -1.72. The minimum atomic E-state index is -4.95. The van der Waals surface area contributed by atoms with Crippen molar-refractivity contribution in [2.75, 3.05) is 31.5 Å². The zero-order chi connectivity index (χ0) is 34.3. The molecule has 2 aliphatic carbocycles. The van der Waals surface area contributed by atoms with Crippen molar-refractivity contribution in [1.82, 2.24) is 40.2 Å². The van der Waals surface area contributed by atoms with E-state index in [4.69, 9.17) is 11.6 Å². The third kappa shape index (κ3) is 5.85. The van der Waals surface area contributed by atoms with Crippen LogP contribution in [0, 0.1) is 11.8 Å². The van der Waals surface area contributed by atoms with Crippen molar-refractivity contribution in [3.05, 3.63) is 52.7 Å². The molecule has 48 heavy (non-hydrogen) atoms. The van der Waals surface area contributed by atoms with Crippen LogP contribution in [0.15, 0.2) is 30.6 Å². The predicted molar refractivity (Wildman–Crippen MR) is 158 cm³/mol. The molecule has 2 aromatic heterocycles. The lowest BCUT2D eigenvalue weighted by molar-refractivity contribution is -0.141. The number of alkyl halides is 5. The van der Waals surface area contributed by atoms with Gasteiger partial charge < -0.3 is 35.8 Å². The molecule has 4 heterocycles. The number of aromatic nitrogens is 4. The van der Waals surface area contributed by atoms with Crippen LogP contribution in [0.5, 0.6) is 0 Å². The first kappa shape index (κ1) is 32.3. The Balaban J connectivity index is 0.967. The number of urea groups is 1. The zero-order valence-corrected chi connectivity index (χ0v) is 25.8. The number of anilines is 1. The molecule has 4 fully saturated rings. The molecule has 0 radical (unpaired) electrons. The lowest BCUT2D eigenvalue weighted by Crippen LogP contribution is -2.49. The Hall–Kier alpha value is -4.29. The van der Waals surface area contributed by atoms with E-state index in [0.717, 1.165) is 17.0 Å². The molecular weight excluding hydrogens is 669 g/mol. The van der Waals surface area contributed by atoms with Gasteiger partial charge in [0.2, 0.25) is 0 Å². The molecule has 0 spiro atoms. The summed E-state index contributed by atoms with van der Waals surface area (Å²) in [6.45, 7) is 1.83. The number of carbonyl (C=O) groups excluding carboxylic acids is 3. The Morgan fingerprint density at radius 3 is 2.42 bits per heavy atom. The number of rotatable bonds is 7. The van der Waals surface area contributed by atoms with Gasteiger partial charge in [0.15, 0.2) is 11.5 Å². The number of aliphatic hydroxyl groups excluding tert-OH is 1. The van der Waals surface area contributed by atoms with Gasteiger partial charge in [0.1, 0.15) is 6.04 Å². The molecule has 19 heteroatoms. The van der Waals surface area contributed by atoms with Gasteiger partial charge in [-0.2, -0.15) is 18.3 Å². The smallest absolute Gasteiger partial charge is 0.390 e. The van der Waals surface area contributed by atoms with Gasteiger partial charge in [0.05, 0.1) is 40.2 Å². The highest BCUT2D eigenvalue weighted by atomic mass is 35.5. The molecule has 256 valence electrons. The Morgan fingerprint density at radius 1 is 1.10 bits per heavy atom. The van der Waals surface area contributed by atoms with Gasteiger partial charge in [0.25, 0.3) is 17.7 Å². The monoisotopic (exact) mass is 697 g/mol. The number of fused-ring (bicyclic) bond motifs is 1. The molecule has 4 amide bonds. The van der Waals surface area contributed by atoms with Gasteiger partial charge in [0, 0.05) is 69.4 Å². The fourth-order valence-electron chi connectivity index (χ4n) is 6.47. The number of hydrogen-bond donors (Lipinski definition) is 5. The average molecular weight is 698 g/mol. The average Bonchev–Trinajstić information content (AvgIpc) is 3.46. The number of carbonyl (C=O) groups is 3. The summed E-state index contributed by atoms with van der Waals surface area (Å²) in [5, 5.41) is 24.6.